The molecule has 0 radical (unpaired) electrons. The molecule has 0 atom stereocenters. The zero-order valence-electron chi connectivity index (χ0n) is 11.2. The van der Waals surface area contributed by atoms with Crippen molar-refractivity contribution in [3.05, 3.63) is 0 Å². The van der Waals surface area contributed by atoms with Crippen molar-refractivity contribution < 1.29 is 9.59 Å². The summed E-state index contributed by atoms with van der Waals surface area (Å²) in [4.78, 5) is 23.2. The van der Waals surface area contributed by atoms with Gasteiger partial charge in [0.15, 0.2) is 0 Å². The quantitative estimate of drug-likeness (QED) is 0.707. The molecule has 2 fully saturated rings. The summed E-state index contributed by atoms with van der Waals surface area (Å²) in [6.45, 7) is 2.10. The van der Waals surface area contributed by atoms with Crippen molar-refractivity contribution in [3.8, 4) is 0 Å². The summed E-state index contributed by atoms with van der Waals surface area (Å²) in [7, 11) is 0. The average Bonchev–Trinajstić information content (AvgIpc) is 2.33. The van der Waals surface area contributed by atoms with Gasteiger partial charge in [0, 0.05) is 6.04 Å². The molecule has 5 nitrogen and oxygen atoms in total. The lowest BCUT2D eigenvalue weighted by Crippen LogP contribution is -2.46. The molecule has 1 aliphatic carbocycles. The van der Waals surface area contributed by atoms with E-state index in [1.54, 1.807) is 11.8 Å². The SMILES string of the molecule is O=C(CSCC1CNC1)NC(=O)NC1CCCCC1. The topological polar surface area (TPSA) is 70.2 Å². The van der Waals surface area contributed by atoms with Crippen LogP contribution in [-0.2, 0) is 4.79 Å². The van der Waals surface area contributed by atoms with Crippen molar-refractivity contribution >= 4 is 23.7 Å². The van der Waals surface area contributed by atoms with Gasteiger partial charge in [-0.15, -0.1) is 0 Å². The molecule has 0 aromatic heterocycles. The van der Waals surface area contributed by atoms with Crippen LogP contribution >= 0.6 is 11.8 Å². The molecule has 19 heavy (non-hydrogen) atoms. The minimum atomic E-state index is -0.331. The molecule has 1 heterocycles. The van der Waals surface area contributed by atoms with Gasteiger partial charge < -0.3 is 10.6 Å². The molecule has 0 unspecified atom stereocenters. The number of rotatable bonds is 5. The molecular weight excluding hydrogens is 262 g/mol. The fourth-order valence-corrected chi connectivity index (χ4v) is 3.36. The van der Waals surface area contributed by atoms with Crippen LogP contribution in [-0.4, -0.2) is 42.6 Å². The van der Waals surface area contributed by atoms with Crippen LogP contribution in [0.25, 0.3) is 0 Å². The third kappa shape index (κ3) is 5.40. The second-order valence-electron chi connectivity index (χ2n) is 5.40. The Bertz CT molecular complexity index is 315. The predicted molar refractivity (Wildman–Crippen MR) is 77.2 cm³/mol. The molecule has 0 spiro atoms. The molecular formula is C13H23N3O2S. The van der Waals surface area contributed by atoms with Crippen LogP contribution in [0, 0.1) is 5.92 Å². The van der Waals surface area contributed by atoms with Crippen LogP contribution in [0.4, 0.5) is 4.79 Å². The molecule has 2 rings (SSSR count). The number of carbonyl (C=O) groups excluding carboxylic acids is 2. The van der Waals surface area contributed by atoms with E-state index in [0.717, 1.165) is 31.7 Å². The highest BCUT2D eigenvalue weighted by Gasteiger charge is 2.18. The second-order valence-corrected chi connectivity index (χ2v) is 6.43. The minimum absolute atomic E-state index is 0.189. The first kappa shape index (κ1) is 14.7. The zero-order valence-corrected chi connectivity index (χ0v) is 12.1. The Kier molecular flexibility index (Phi) is 5.97. The first-order valence-corrected chi connectivity index (χ1v) is 8.28. The molecule has 1 saturated carbocycles. The number of thioether (sulfide) groups is 1. The summed E-state index contributed by atoms with van der Waals surface area (Å²) < 4.78 is 0. The number of imide groups is 1. The fourth-order valence-electron chi connectivity index (χ4n) is 2.42. The minimum Gasteiger partial charge on any atom is -0.335 e. The Hall–Kier alpha value is -0.750. The first-order valence-electron chi connectivity index (χ1n) is 7.13. The van der Waals surface area contributed by atoms with Crippen LogP contribution < -0.4 is 16.0 Å². The molecule has 3 amide bonds. The molecule has 0 bridgehead atoms. The third-order valence-corrected chi connectivity index (χ3v) is 4.82. The van der Waals surface area contributed by atoms with E-state index in [1.807, 2.05) is 0 Å². The summed E-state index contributed by atoms with van der Waals surface area (Å²) >= 11 is 1.60. The van der Waals surface area contributed by atoms with Crippen LogP contribution in [0.3, 0.4) is 0 Å². The monoisotopic (exact) mass is 285 g/mol. The first-order chi connectivity index (χ1) is 9.24. The van der Waals surface area contributed by atoms with Crippen molar-refractivity contribution in [3.63, 3.8) is 0 Å². The molecule has 6 heteroatoms. The van der Waals surface area contributed by atoms with Crippen LogP contribution in [0.15, 0.2) is 0 Å². The highest BCUT2D eigenvalue weighted by Crippen LogP contribution is 2.17. The van der Waals surface area contributed by atoms with Gasteiger partial charge in [-0.3, -0.25) is 10.1 Å². The van der Waals surface area contributed by atoms with Crippen molar-refractivity contribution in [2.75, 3.05) is 24.6 Å². The highest BCUT2D eigenvalue weighted by molar-refractivity contribution is 7.99. The van der Waals surface area contributed by atoms with E-state index in [1.165, 1.54) is 19.3 Å². The maximum atomic E-state index is 11.6. The summed E-state index contributed by atoms with van der Waals surface area (Å²) in [6, 6.07) is -0.0851. The van der Waals surface area contributed by atoms with Gasteiger partial charge in [0.1, 0.15) is 0 Å². The van der Waals surface area contributed by atoms with E-state index in [0.29, 0.717) is 11.7 Å². The van der Waals surface area contributed by atoms with Gasteiger partial charge in [0.05, 0.1) is 5.75 Å². The van der Waals surface area contributed by atoms with Crippen LogP contribution in [0.1, 0.15) is 32.1 Å². The van der Waals surface area contributed by atoms with E-state index < -0.39 is 0 Å². The maximum Gasteiger partial charge on any atom is 0.321 e. The molecule has 3 N–H and O–H groups in total. The Labute approximate surface area is 118 Å². The normalized spacial score (nSPS) is 20.6. The number of urea groups is 1. The molecule has 0 aromatic carbocycles. The second kappa shape index (κ2) is 7.75. The summed E-state index contributed by atoms with van der Waals surface area (Å²) in [5.74, 6) is 1.86. The van der Waals surface area contributed by atoms with E-state index >= 15 is 0 Å². The van der Waals surface area contributed by atoms with E-state index in [4.69, 9.17) is 0 Å². The Balaban J connectivity index is 1.54. The molecule has 108 valence electrons. The Morgan fingerprint density at radius 2 is 1.89 bits per heavy atom. The van der Waals surface area contributed by atoms with Gasteiger partial charge in [-0.25, -0.2) is 4.79 Å². The molecule has 1 aliphatic heterocycles. The molecule has 2 aliphatic rings. The lowest BCUT2D eigenvalue weighted by molar-refractivity contribution is -0.117. The van der Waals surface area contributed by atoms with Crippen molar-refractivity contribution in [1.82, 2.24) is 16.0 Å². The van der Waals surface area contributed by atoms with Gasteiger partial charge in [0.2, 0.25) is 5.91 Å². The summed E-state index contributed by atoms with van der Waals surface area (Å²) in [5.41, 5.74) is 0. The number of nitrogens with one attached hydrogen (secondary N) is 3. The lowest BCUT2D eigenvalue weighted by Gasteiger charge is -2.26. The van der Waals surface area contributed by atoms with Gasteiger partial charge in [-0.2, -0.15) is 11.8 Å². The van der Waals surface area contributed by atoms with E-state index in [9.17, 15) is 9.59 Å². The smallest absolute Gasteiger partial charge is 0.321 e. The van der Waals surface area contributed by atoms with Crippen LogP contribution in [0.5, 0.6) is 0 Å². The summed E-state index contributed by atoms with van der Waals surface area (Å²) in [5, 5.41) is 8.49. The van der Waals surface area contributed by atoms with Gasteiger partial charge in [-0.05, 0) is 37.6 Å². The number of carbonyl (C=O) groups is 2. The third-order valence-electron chi connectivity index (χ3n) is 3.65. The molecule has 0 aromatic rings. The van der Waals surface area contributed by atoms with Crippen molar-refractivity contribution in [2.45, 2.75) is 38.1 Å². The van der Waals surface area contributed by atoms with Gasteiger partial charge in [0.25, 0.3) is 0 Å². The maximum absolute atomic E-state index is 11.6. The Morgan fingerprint density at radius 1 is 1.16 bits per heavy atom. The lowest BCUT2D eigenvalue weighted by atomic mass is 9.96. The fraction of sp³-hybridized carbons (Fsp3) is 0.846. The highest BCUT2D eigenvalue weighted by atomic mass is 32.2. The number of amides is 3. The van der Waals surface area contributed by atoms with Gasteiger partial charge >= 0.3 is 6.03 Å². The Morgan fingerprint density at radius 3 is 2.53 bits per heavy atom. The number of hydrogen-bond donors (Lipinski definition) is 3. The largest absolute Gasteiger partial charge is 0.335 e. The average molecular weight is 285 g/mol. The van der Waals surface area contributed by atoms with E-state index in [2.05, 4.69) is 16.0 Å². The summed E-state index contributed by atoms with van der Waals surface area (Å²) in [6.07, 6.45) is 5.66. The predicted octanol–water partition coefficient (Wildman–Crippen LogP) is 1.10. The van der Waals surface area contributed by atoms with Crippen molar-refractivity contribution in [2.24, 2.45) is 5.92 Å². The van der Waals surface area contributed by atoms with Gasteiger partial charge in [-0.1, -0.05) is 19.3 Å². The van der Waals surface area contributed by atoms with Crippen molar-refractivity contribution in [1.29, 1.82) is 0 Å². The number of hydrogen-bond acceptors (Lipinski definition) is 4. The molecule has 1 saturated heterocycles. The standard InChI is InChI=1S/C13H23N3O2S/c17-12(9-19-8-10-6-14-7-10)16-13(18)15-11-4-2-1-3-5-11/h10-11,14H,1-9H2,(H2,15,16,17,18). The zero-order chi connectivity index (χ0) is 13.5. The van der Waals surface area contributed by atoms with Crippen LogP contribution in [0.2, 0.25) is 0 Å². The van der Waals surface area contributed by atoms with E-state index in [-0.39, 0.29) is 18.0 Å².